The fourth-order valence-electron chi connectivity index (χ4n) is 4.73. The van der Waals surface area contributed by atoms with Crippen LogP contribution in [0.1, 0.15) is 61.3 Å². The molecule has 0 radical (unpaired) electrons. The van der Waals surface area contributed by atoms with Crippen molar-refractivity contribution in [3.8, 4) is 0 Å². The average Bonchev–Trinajstić information content (AvgIpc) is 2.91. The number of fused-ring (bicyclic) bond motifs is 1. The molecule has 1 unspecified atom stereocenters. The van der Waals surface area contributed by atoms with Crippen molar-refractivity contribution < 1.29 is 14.6 Å². The molecule has 1 aliphatic carbocycles. The lowest BCUT2D eigenvalue weighted by Gasteiger charge is -2.49. The molecule has 4 rings (SSSR count). The number of carboxylic acids is 1. The van der Waals surface area contributed by atoms with E-state index in [1.165, 1.54) is 6.42 Å². The van der Waals surface area contributed by atoms with Gasteiger partial charge in [-0.2, -0.15) is 5.10 Å². The van der Waals surface area contributed by atoms with Crippen LogP contribution >= 0.6 is 0 Å². The van der Waals surface area contributed by atoms with Gasteiger partial charge in [0.1, 0.15) is 0 Å². The number of likely N-dealkylation sites (tertiary alicyclic amines) is 1. The van der Waals surface area contributed by atoms with E-state index in [1.54, 1.807) is 0 Å². The Labute approximate surface area is 149 Å². The van der Waals surface area contributed by atoms with Crippen molar-refractivity contribution in [3.05, 3.63) is 17.0 Å². The lowest BCUT2D eigenvalue weighted by molar-refractivity contribution is -0.175. The van der Waals surface area contributed by atoms with Crippen LogP contribution in [0.5, 0.6) is 0 Å². The van der Waals surface area contributed by atoms with Crippen LogP contribution in [0.2, 0.25) is 0 Å². The van der Waals surface area contributed by atoms with Gasteiger partial charge in [-0.1, -0.05) is 13.8 Å². The van der Waals surface area contributed by atoms with Crippen LogP contribution in [0.15, 0.2) is 0 Å². The van der Waals surface area contributed by atoms with Crippen molar-refractivity contribution in [3.63, 3.8) is 0 Å². The topological polar surface area (TPSA) is 67.6 Å². The van der Waals surface area contributed by atoms with Crippen molar-refractivity contribution in [2.45, 2.75) is 70.6 Å². The summed E-state index contributed by atoms with van der Waals surface area (Å²) >= 11 is 0. The summed E-state index contributed by atoms with van der Waals surface area (Å²) in [5.74, 6) is -0.427. The number of nitrogens with zero attached hydrogens (tertiary/aromatic N) is 3. The number of rotatable bonds is 4. The zero-order valence-electron chi connectivity index (χ0n) is 15.3. The number of aromatic nitrogens is 2. The number of aromatic carboxylic acids is 1. The quantitative estimate of drug-likeness (QED) is 0.905. The highest BCUT2D eigenvalue weighted by Crippen LogP contribution is 2.38. The van der Waals surface area contributed by atoms with Crippen molar-refractivity contribution in [1.29, 1.82) is 0 Å². The number of carbonyl (C=O) groups is 1. The minimum absolute atomic E-state index is 0.171. The molecule has 2 fully saturated rings. The van der Waals surface area contributed by atoms with Crippen molar-refractivity contribution in [2.24, 2.45) is 5.92 Å². The number of hydrogen-bond donors (Lipinski definition) is 1. The fraction of sp³-hybridized carbons (Fsp3) is 0.789. The van der Waals surface area contributed by atoms with Gasteiger partial charge < -0.3 is 9.84 Å². The fourth-order valence-corrected chi connectivity index (χ4v) is 4.73. The van der Waals surface area contributed by atoms with E-state index in [0.29, 0.717) is 12.0 Å². The zero-order chi connectivity index (χ0) is 17.6. The minimum atomic E-state index is -0.889. The Hall–Kier alpha value is -1.40. The van der Waals surface area contributed by atoms with E-state index in [4.69, 9.17) is 4.74 Å². The van der Waals surface area contributed by atoms with Gasteiger partial charge >= 0.3 is 5.97 Å². The van der Waals surface area contributed by atoms with E-state index in [0.717, 1.165) is 69.6 Å². The number of carboxylic acid groups (broad SMARTS) is 1. The molecule has 25 heavy (non-hydrogen) atoms. The molecule has 0 aromatic carbocycles. The number of piperidine rings is 1. The molecule has 1 aromatic heterocycles. The summed E-state index contributed by atoms with van der Waals surface area (Å²) in [7, 11) is 0. The van der Waals surface area contributed by atoms with E-state index >= 15 is 0 Å². The first-order chi connectivity index (χ1) is 12.0. The van der Waals surface area contributed by atoms with Gasteiger partial charge in [-0.3, -0.25) is 9.58 Å². The van der Waals surface area contributed by atoms with Gasteiger partial charge in [-0.25, -0.2) is 4.79 Å². The highest BCUT2D eigenvalue weighted by Gasteiger charge is 2.43. The molecule has 6 heteroatoms. The third kappa shape index (κ3) is 3.10. The molecule has 2 saturated heterocycles. The lowest BCUT2D eigenvalue weighted by Crippen LogP contribution is -2.55. The molecule has 1 aromatic rings. The molecule has 6 nitrogen and oxygen atoms in total. The smallest absolute Gasteiger partial charge is 0.356 e. The van der Waals surface area contributed by atoms with Gasteiger partial charge in [0, 0.05) is 36.9 Å². The Kier molecular flexibility index (Phi) is 4.36. The van der Waals surface area contributed by atoms with Gasteiger partial charge in [0.2, 0.25) is 0 Å². The first-order valence-corrected chi connectivity index (χ1v) is 9.67. The summed E-state index contributed by atoms with van der Waals surface area (Å²) in [5.41, 5.74) is 2.57. The van der Waals surface area contributed by atoms with Crippen molar-refractivity contribution in [2.75, 3.05) is 19.7 Å². The maximum Gasteiger partial charge on any atom is 0.356 e. The van der Waals surface area contributed by atoms with Crippen LogP contribution in [0.4, 0.5) is 0 Å². The maximum absolute atomic E-state index is 11.7. The molecular formula is C19H29N3O3. The van der Waals surface area contributed by atoms with E-state index in [-0.39, 0.29) is 11.3 Å². The summed E-state index contributed by atoms with van der Waals surface area (Å²) in [4.78, 5) is 14.2. The molecule has 1 spiro atoms. The van der Waals surface area contributed by atoms with E-state index < -0.39 is 5.97 Å². The average molecular weight is 347 g/mol. The summed E-state index contributed by atoms with van der Waals surface area (Å²) in [5, 5.41) is 14.0. The Morgan fingerprint density at radius 1 is 1.36 bits per heavy atom. The van der Waals surface area contributed by atoms with Crippen molar-refractivity contribution >= 4 is 5.97 Å². The Bertz CT molecular complexity index is 653. The maximum atomic E-state index is 11.7. The second-order valence-corrected chi connectivity index (χ2v) is 8.37. The summed E-state index contributed by atoms with van der Waals surface area (Å²) < 4.78 is 7.78. The summed E-state index contributed by atoms with van der Waals surface area (Å²) in [6.45, 7) is 8.15. The van der Waals surface area contributed by atoms with Crippen LogP contribution in [0.3, 0.4) is 0 Å². The Morgan fingerprint density at radius 2 is 2.08 bits per heavy atom. The second-order valence-electron chi connectivity index (χ2n) is 8.37. The van der Waals surface area contributed by atoms with E-state index in [1.807, 2.05) is 4.68 Å². The third-order valence-corrected chi connectivity index (χ3v) is 6.25. The molecule has 2 aliphatic heterocycles. The minimum Gasteiger partial charge on any atom is -0.476 e. The highest BCUT2D eigenvalue weighted by molar-refractivity contribution is 5.87. The van der Waals surface area contributed by atoms with Gasteiger partial charge in [-0.05, 0) is 44.4 Å². The molecule has 3 aliphatic rings. The Balaban J connectivity index is 1.50. The molecule has 138 valence electrons. The first kappa shape index (κ1) is 17.0. The zero-order valence-corrected chi connectivity index (χ0v) is 15.3. The van der Waals surface area contributed by atoms with E-state index in [2.05, 4.69) is 23.8 Å². The van der Waals surface area contributed by atoms with Crippen LogP contribution in [0.25, 0.3) is 0 Å². The number of hydrogen-bond acceptors (Lipinski definition) is 4. The predicted molar refractivity (Wildman–Crippen MR) is 93.9 cm³/mol. The van der Waals surface area contributed by atoms with Crippen LogP contribution < -0.4 is 0 Å². The monoisotopic (exact) mass is 347 g/mol. The molecule has 0 saturated carbocycles. The van der Waals surface area contributed by atoms with Gasteiger partial charge in [0.25, 0.3) is 0 Å². The molecule has 0 amide bonds. The molecular weight excluding hydrogens is 318 g/mol. The van der Waals surface area contributed by atoms with Crippen LogP contribution in [-0.4, -0.2) is 57.1 Å². The standard InChI is InChI=1S/C19H29N3O3/c1-13(2)12-22-16-4-3-14(11-15(16)17(20-22)18(23)24)21-8-5-19(6-9-21)7-10-25-19/h13-14H,3-12H2,1-2H3,(H,23,24). The summed E-state index contributed by atoms with van der Waals surface area (Å²) in [6.07, 6.45) is 6.31. The SMILES string of the molecule is CC(C)Cn1nc(C(=O)O)c2c1CCC(N1CCC3(CCO3)CC1)C2. The molecule has 3 heterocycles. The normalized spacial score (nSPS) is 25.8. The Morgan fingerprint density at radius 3 is 2.64 bits per heavy atom. The summed E-state index contributed by atoms with van der Waals surface area (Å²) in [6, 6.07) is 0.444. The second kappa shape index (κ2) is 6.40. The van der Waals surface area contributed by atoms with Crippen LogP contribution in [-0.2, 0) is 24.1 Å². The predicted octanol–water partition coefficient (Wildman–Crippen LogP) is 2.35. The third-order valence-electron chi connectivity index (χ3n) is 6.25. The van der Waals surface area contributed by atoms with Crippen LogP contribution in [0, 0.1) is 5.92 Å². The van der Waals surface area contributed by atoms with Gasteiger partial charge in [0.05, 0.1) is 12.2 Å². The van der Waals surface area contributed by atoms with Gasteiger partial charge in [0.15, 0.2) is 5.69 Å². The highest BCUT2D eigenvalue weighted by atomic mass is 16.5. The largest absolute Gasteiger partial charge is 0.476 e. The molecule has 0 bridgehead atoms. The van der Waals surface area contributed by atoms with Crippen molar-refractivity contribution in [1.82, 2.24) is 14.7 Å². The lowest BCUT2D eigenvalue weighted by atomic mass is 9.82. The number of ether oxygens (including phenoxy) is 1. The van der Waals surface area contributed by atoms with E-state index in [9.17, 15) is 9.90 Å². The molecule has 1 N–H and O–H groups in total. The van der Waals surface area contributed by atoms with Gasteiger partial charge in [-0.15, -0.1) is 0 Å². The first-order valence-electron chi connectivity index (χ1n) is 9.67. The molecule has 1 atom stereocenters.